The number of hydrogen-bond donors (Lipinski definition) is 0. The highest BCUT2D eigenvalue weighted by Gasteiger charge is 2.19. The predicted molar refractivity (Wildman–Crippen MR) is 66.9 cm³/mol. The van der Waals surface area contributed by atoms with Gasteiger partial charge in [-0.2, -0.15) is 0 Å². The van der Waals surface area contributed by atoms with Gasteiger partial charge in [0.25, 0.3) is 0 Å². The zero-order valence-corrected chi connectivity index (χ0v) is 11.1. The molecule has 0 aromatic heterocycles. The second-order valence-electron chi connectivity index (χ2n) is 4.37. The first-order chi connectivity index (χ1) is 7.58. The van der Waals surface area contributed by atoms with Gasteiger partial charge in [-0.25, -0.2) is 0 Å². The Morgan fingerprint density at radius 2 is 2.31 bits per heavy atom. The lowest BCUT2D eigenvalue weighted by atomic mass is 9.96. The molecule has 0 radical (unpaired) electrons. The molecule has 0 aliphatic carbocycles. The molecule has 1 aliphatic rings. The molecule has 16 heavy (non-hydrogen) atoms. The number of rotatable bonds is 3. The average molecular weight is 283 g/mol. The van der Waals surface area contributed by atoms with Crippen molar-refractivity contribution in [1.29, 1.82) is 0 Å². The molecule has 0 saturated carbocycles. The van der Waals surface area contributed by atoms with Gasteiger partial charge in [0.2, 0.25) is 0 Å². The summed E-state index contributed by atoms with van der Waals surface area (Å²) in [7, 11) is 0. The van der Waals surface area contributed by atoms with Crippen LogP contribution >= 0.6 is 15.9 Å². The number of benzene rings is 1. The highest BCUT2D eigenvalue weighted by molar-refractivity contribution is 9.10. The number of carbonyl (C=O) groups is 1. The predicted octanol–water partition coefficient (Wildman–Crippen LogP) is 3.15. The maximum atomic E-state index is 11.3. The van der Waals surface area contributed by atoms with Gasteiger partial charge in [-0.05, 0) is 36.6 Å². The highest BCUT2D eigenvalue weighted by Crippen LogP contribution is 2.34. The molecule has 3 heteroatoms. The molecule has 1 aromatic rings. The summed E-state index contributed by atoms with van der Waals surface area (Å²) in [6, 6.07) is 4.16. The second kappa shape index (κ2) is 4.58. The van der Waals surface area contributed by atoms with E-state index in [4.69, 9.17) is 4.74 Å². The van der Waals surface area contributed by atoms with Gasteiger partial charge in [-0.3, -0.25) is 4.79 Å². The number of ketones is 1. The van der Waals surface area contributed by atoms with Crippen LogP contribution in [0.2, 0.25) is 0 Å². The summed E-state index contributed by atoms with van der Waals surface area (Å²) in [6.45, 7) is 4.36. The van der Waals surface area contributed by atoms with E-state index in [0.29, 0.717) is 0 Å². The summed E-state index contributed by atoms with van der Waals surface area (Å²) in [5, 5.41) is 0. The van der Waals surface area contributed by atoms with E-state index in [0.717, 1.165) is 35.2 Å². The highest BCUT2D eigenvalue weighted by atomic mass is 79.9. The molecule has 1 heterocycles. The monoisotopic (exact) mass is 282 g/mol. The lowest BCUT2D eigenvalue weighted by Gasteiger charge is -2.12. The van der Waals surface area contributed by atoms with Crippen molar-refractivity contribution in [2.75, 3.05) is 6.61 Å². The zero-order chi connectivity index (χ0) is 11.7. The van der Waals surface area contributed by atoms with Gasteiger partial charge in [0.05, 0.1) is 6.61 Å². The first-order valence-electron chi connectivity index (χ1n) is 5.52. The Morgan fingerprint density at radius 3 is 3.00 bits per heavy atom. The molecule has 86 valence electrons. The molecule has 1 aromatic carbocycles. The molecule has 1 atom stereocenters. The fourth-order valence-electron chi connectivity index (χ4n) is 1.97. The van der Waals surface area contributed by atoms with E-state index in [1.807, 2.05) is 6.92 Å². The number of Topliss-reactive ketones (excluding diaryl/α,β-unsaturated/α-hetero) is 1. The fourth-order valence-corrected chi connectivity index (χ4v) is 2.52. The van der Waals surface area contributed by atoms with Crippen molar-refractivity contribution in [3.05, 3.63) is 27.7 Å². The van der Waals surface area contributed by atoms with Crippen LogP contribution in [0.1, 0.15) is 25.0 Å². The Balaban J connectivity index is 2.30. The third-order valence-corrected chi connectivity index (χ3v) is 3.50. The van der Waals surface area contributed by atoms with Gasteiger partial charge >= 0.3 is 0 Å². The first-order valence-corrected chi connectivity index (χ1v) is 6.31. The van der Waals surface area contributed by atoms with Crippen LogP contribution in [0.4, 0.5) is 0 Å². The van der Waals surface area contributed by atoms with Crippen LogP contribution in [0.3, 0.4) is 0 Å². The van der Waals surface area contributed by atoms with Crippen LogP contribution in [-0.2, 0) is 17.6 Å². The van der Waals surface area contributed by atoms with Gasteiger partial charge in [-0.15, -0.1) is 0 Å². The maximum Gasteiger partial charge on any atom is 0.132 e. The van der Waals surface area contributed by atoms with Gasteiger partial charge in [0, 0.05) is 16.8 Å². The molecule has 1 unspecified atom stereocenters. The number of halogens is 1. The third-order valence-electron chi connectivity index (χ3n) is 3.05. The van der Waals surface area contributed by atoms with E-state index in [1.165, 1.54) is 5.56 Å². The van der Waals surface area contributed by atoms with Gasteiger partial charge < -0.3 is 4.74 Å². The topological polar surface area (TPSA) is 26.3 Å². The SMILES string of the molecule is CC(=O)C(C)Cc1cc(Br)cc2c1OCC2. The van der Waals surface area contributed by atoms with Crippen LogP contribution in [-0.4, -0.2) is 12.4 Å². The Morgan fingerprint density at radius 1 is 1.56 bits per heavy atom. The second-order valence-corrected chi connectivity index (χ2v) is 5.28. The Kier molecular flexibility index (Phi) is 3.33. The zero-order valence-electron chi connectivity index (χ0n) is 9.55. The lowest BCUT2D eigenvalue weighted by Crippen LogP contribution is -2.10. The van der Waals surface area contributed by atoms with Crippen LogP contribution < -0.4 is 4.74 Å². The van der Waals surface area contributed by atoms with E-state index in [1.54, 1.807) is 6.92 Å². The van der Waals surface area contributed by atoms with Crippen LogP contribution in [0, 0.1) is 5.92 Å². The Labute approximate surface area is 104 Å². The van der Waals surface area contributed by atoms with Crippen molar-refractivity contribution in [1.82, 2.24) is 0 Å². The molecular formula is C13H15BrO2. The number of hydrogen-bond acceptors (Lipinski definition) is 2. The molecule has 2 nitrogen and oxygen atoms in total. The van der Waals surface area contributed by atoms with Crippen molar-refractivity contribution in [2.45, 2.75) is 26.7 Å². The summed E-state index contributed by atoms with van der Waals surface area (Å²) < 4.78 is 6.70. The minimum atomic E-state index is 0.0580. The minimum absolute atomic E-state index is 0.0580. The van der Waals surface area contributed by atoms with E-state index in [9.17, 15) is 4.79 Å². The molecular weight excluding hydrogens is 268 g/mol. The first kappa shape index (κ1) is 11.6. The number of fused-ring (bicyclic) bond motifs is 1. The number of carbonyl (C=O) groups excluding carboxylic acids is 1. The third kappa shape index (κ3) is 2.29. The normalized spacial score (nSPS) is 15.4. The summed E-state index contributed by atoms with van der Waals surface area (Å²) >= 11 is 3.50. The van der Waals surface area contributed by atoms with Crippen molar-refractivity contribution in [2.24, 2.45) is 5.92 Å². The lowest BCUT2D eigenvalue weighted by molar-refractivity contribution is -0.120. The average Bonchev–Trinajstić information content (AvgIpc) is 2.65. The van der Waals surface area contributed by atoms with Crippen LogP contribution in [0.5, 0.6) is 5.75 Å². The van der Waals surface area contributed by atoms with E-state index in [2.05, 4.69) is 28.1 Å². The van der Waals surface area contributed by atoms with Crippen molar-refractivity contribution in [3.8, 4) is 5.75 Å². The summed E-state index contributed by atoms with van der Waals surface area (Å²) in [5.41, 5.74) is 2.39. The largest absolute Gasteiger partial charge is 0.493 e. The smallest absolute Gasteiger partial charge is 0.132 e. The maximum absolute atomic E-state index is 11.3. The minimum Gasteiger partial charge on any atom is -0.493 e. The van der Waals surface area contributed by atoms with Gasteiger partial charge in [-0.1, -0.05) is 22.9 Å². The van der Waals surface area contributed by atoms with Crippen LogP contribution in [0.25, 0.3) is 0 Å². The molecule has 0 fully saturated rings. The molecule has 0 amide bonds. The van der Waals surface area contributed by atoms with Crippen molar-refractivity contribution >= 4 is 21.7 Å². The Bertz CT molecular complexity index is 426. The molecule has 0 spiro atoms. The molecule has 0 saturated heterocycles. The molecule has 1 aliphatic heterocycles. The Hall–Kier alpha value is -0.830. The van der Waals surface area contributed by atoms with E-state index in [-0.39, 0.29) is 11.7 Å². The summed E-state index contributed by atoms with van der Waals surface area (Å²) in [4.78, 5) is 11.3. The van der Waals surface area contributed by atoms with E-state index >= 15 is 0 Å². The molecule has 0 bridgehead atoms. The van der Waals surface area contributed by atoms with E-state index < -0.39 is 0 Å². The van der Waals surface area contributed by atoms with Crippen molar-refractivity contribution in [3.63, 3.8) is 0 Å². The summed E-state index contributed by atoms with van der Waals surface area (Å²) in [5.74, 6) is 1.28. The number of ether oxygens (including phenoxy) is 1. The fraction of sp³-hybridized carbons (Fsp3) is 0.462. The van der Waals surface area contributed by atoms with Gasteiger partial charge in [0.15, 0.2) is 0 Å². The van der Waals surface area contributed by atoms with Crippen LogP contribution in [0.15, 0.2) is 16.6 Å². The van der Waals surface area contributed by atoms with Crippen molar-refractivity contribution < 1.29 is 9.53 Å². The quantitative estimate of drug-likeness (QED) is 0.851. The van der Waals surface area contributed by atoms with Gasteiger partial charge in [0.1, 0.15) is 11.5 Å². The molecule has 2 rings (SSSR count). The standard InChI is InChI=1S/C13H15BrO2/c1-8(9(2)15)5-11-7-12(14)6-10-3-4-16-13(10)11/h6-8H,3-5H2,1-2H3. The molecule has 0 N–H and O–H groups in total. The summed E-state index contributed by atoms with van der Waals surface area (Å²) in [6.07, 6.45) is 1.73.